The molecule has 1 saturated heterocycles. The molecule has 2 heterocycles. The molecule has 26 heavy (non-hydrogen) atoms. The minimum atomic E-state index is -0.449. The van der Waals surface area contributed by atoms with Crippen LogP contribution in [-0.2, 0) is 4.74 Å². The first-order valence-electron chi connectivity index (χ1n) is 8.40. The van der Waals surface area contributed by atoms with E-state index in [4.69, 9.17) is 4.74 Å². The molecule has 1 unspecified atom stereocenters. The fourth-order valence-corrected chi connectivity index (χ4v) is 3.76. The van der Waals surface area contributed by atoms with Gasteiger partial charge in [-0.3, -0.25) is 4.79 Å². The van der Waals surface area contributed by atoms with Crippen molar-refractivity contribution in [2.24, 2.45) is 0 Å². The van der Waals surface area contributed by atoms with Crippen LogP contribution in [0.3, 0.4) is 0 Å². The number of ether oxygens (including phenoxy) is 1. The van der Waals surface area contributed by atoms with Gasteiger partial charge in [0.2, 0.25) is 0 Å². The standard InChI is InChI=1S/C20H17FN2O2S/c21-16-9-5-4-8-15(16)18-13-23(10-11-25-18)20(24)19-12-17(22-26-19)14-6-2-1-3-7-14/h1-9,12,18H,10-11,13H2. The summed E-state index contributed by atoms with van der Waals surface area (Å²) in [6.45, 7) is 1.20. The average Bonchev–Trinajstić information content (AvgIpc) is 3.19. The first-order chi connectivity index (χ1) is 12.7. The van der Waals surface area contributed by atoms with Crippen LogP contribution in [0.15, 0.2) is 60.7 Å². The molecule has 132 valence electrons. The molecule has 0 N–H and O–H groups in total. The molecule has 0 radical (unpaired) electrons. The first kappa shape index (κ1) is 16.9. The van der Waals surface area contributed by atoms with Gasteiger partial charge in [-0.1, -0.05) is 48.5 Å². The second-order valence-electron chi connectivity index (χ2n) is 6.07. The van der Waals surface area contributed by atoms with Crippen molar-refractivity contribution in [3.05, 3.63) is 76.9 Å². The maximum atomic E-state index is 14.0. The van der Waals surface area contributed by atoms with Crippen molar-refractivity contribution in [3.8, 4) is 11.3 Å². The molecule has 0 spiro atoms. The third kappa shape index (κ3) is 3.38. The highest BCUT2D eigenvalue weighted by atomic mass is 32.1. The second-order valence-corrected chi connectivity index (χ2v) is 6.88. The monoisotopic (exact) mass is 368 g/mol. The van der Waals surface area contributed by atoms with Crippen LogP contribution in [0.4, 0.5) is 4.39 Å². The van der Waals surface area contributed by atoms with Gasteiger partial charge in [0.25, 0.3) is 5.91 Å². The van der Waals surface area contributed by atoms with E-state index in [9.17, 15) is 9.18 Å². The second kappa shape index (κ2) is 7.35. The third-order valence-electron chi connectivity index (χ3n) is 4.40. The minimum absolute atomic E-state index is 0.0886. The number of amides is 1. The lowest BCUT2D eigenvalue weighted by molar-refractivity contribution is -0.0241. The van der Waals surface area contributed by atoms with E-state index in [1.165, 1.54) is 17.6 Å². The number of carbonyl (C=O) groups is 1. The van der Waals surface area contributed by atoms with Crippen molar-refractivity contribution in [3.63, 3.8) is 0 Å². The van der Waals surface area contributed by atoms with E-state index in [0.717, 1.165) is 11.3 Å². The Kier molecular flexibility index (Phi) is 4.77. The van der Waals surface area contributed by atoms with Crippen molar-refractivity contribution in [2.45, 2.75) is 6.10 Å². The lowest BCUT2D eigenvalue weighted by atomic mass is 10.1. The van der Waals surface area contributed by atoms with E-state index >= 15 is 0 Å². The Hall–Kier alpha value is -2.57. The number of hydrogen-bond acceptors (Lipinski definition) is 4. The predicted molar refractivity (Wildman–Crippen MR) is 98.5 cm³/mol. The zero-order valence-electron chi connectivity index (χ0n) is 14.0. The van der Waals surface area contributed by atoms with Crippen LogP contribution in [0.2, 0.25) is 0 Å². The van der Waals surface area contributed by atoms with Crippen molar-refractivity contribution < 1.29 is 13.9 Å². The number of halogens is 1. The molecular weight excluding hydrogens is 351 g/mol. The van der Waals surface area contributed by atoms with Crippen molar-refractivity contribution in [1.82, 2.24) is 9.27 Å². The molecule has 0 aliphatic carbocycles. The van der Waals surface area contributed by atoms with Crippen LogP contribution >= 0.6 is 11.5 Å². The molecular formula is C20H17FN2O2S. The summed E-state index contributed by atoms with van der Waals surface area (Å²) >= 11 is 1.19. The van der Waals surface area contributed by atoms with Crippen molar-refractivity contribution in [2.75, 3.05) is 19.7 Å². The molecule has 0 bridgehead atoms. The minimum Gasteiger partial charge on any atom is -0.370 e. The zero-order valence-corrected chi connectivity index (χ0v) is 14.8. The number of nitrogens with zero attached hydrogens (tertiary/aromatic N) is 2. The normalized spacial score (nSPS) is 17.3. The first-order valence-corrected chi connectivity index (χ1v) is 9.17. The highest BCUT2D eigenvalue weighted by molar-refractivity contribution is 7.08. The van der Waals surface area contributed by atoms with Gasteiger partial charge in [-0.05, 0) is 23.7 Å². The Labute approximate surface area is 155 Å². The number of hydrogen-bond donors (Lipinski definition) is 0. The molecule has 1 atom stereocenters. The highest BCUT2D eigenvalue weighted by Crippen LogP contribution is 2.27. The molecule has 1 aliphatic heterocycles. The van der Waals surface area contributed by atoms with Gasteiger partial charge in [0.15, 0.2) is 0 Å². The quantitative estimate of drug-likeness (QED) is 0.697. The smallest absolute Gasteiger partial charge is 0.265 e. The largest absolute Gasteiger partial charge is 0.370 e. The Morgan fingerprint density at radius 3 is 2.73 bits per heavy atom. The van der Waals surface area contributed by atoms with Crippen LogP contribution in [0.5, 0.6) is 0 Å². The lowest BCUT2D eigenvalue weighted by Crippen LogP contribution is -2.42. The van der Waals surface area contributed by atoms with Crippen molar-refractivity contribution >= 4 is 17.4 Å². The fourth-order valence-electron chi connectivity index (χ4n) is 3.03. The summed E-state index contributed by atoms with van der Waals surface area (Å²) in [5, 5.41) is 0. The third-order valence-corrected chi connectivity index (χ3v) is 5.17. The van der Waals surface area contributed by atoms with E-state index < -0.39 is 6.10 Å². The Balaban J connectivity index is 1.51. The van der Waals surface area contributed by atoms with Crippen LogP contribution in [0.1, 0.15) is 21.3 Å². The van der Waals surface area contributed by atoms with Crippen LogP contribution < -0.4 is 0 Å². The number of morpholine rings is 1. The molecule has 3 aromatic rings. The summed E-state index contributed by atoms with van der Waals surface area (Å²) in [6.07, 6.45) is -0.449. The van der Waals surface area contributed by atoms with Gasteiger partial charge in [-0.2, -0.15) is 4.37 Å². The average molecular weight is 368 g/mol. The fraction of sp³-hybridized carbons (Fsp3) is 0.200. The van der Waals surface area contributed by atoms with Gasteiger partial charge in [0, 0.05) is 17.7 Å². The van der Waals surface area contributed by atoms with Crippen molar-refractivity contribution in [1.29, 1.82) is 0 Å². The van der Waals surface area contributed by atoms with Gasteiger partial charge in [-0.15, -0.1) is 0 Å². The predicted octanol–water partition coefficient (Wildman–Crippen LogP) is 4.16. The molecule has 6 heteroatoms. The number of benzene rings is 2. The Bertz CT molecular complexity index is 913. The van der Waals surface area contributed by atoms with E-state index in [2.05, 4.69) is 4.37 Å². The number of rotatable bonds is 3. The molecule has 1 aliphatic rings. The molecule has 4 rings (SSSR count). The SMILES string of the molecule is O=C(c1cc(-c2ccccc2)ns1)N1CCOC(c2ccccc2F)C1. The summed E-state index contributed by atoms with van der Waals surface area (Å²) in [5.41, 5.74) is 2.26. The van der Waals surface area contributed by atoms with E-state index in [0.29, 0.717) is 30.1 Å². The molecule has 2 aromatic carbocycles. The lowest BCUT2D eigenvalue weighted by Gasteiger charge is -2.33. The van der Waals surface area contributed by atoms with E-state index in [1.54, 1.807) is 23.1 Å². The summed E-state index contributed by atoms with van der Waals surface area (Å²) in [4.78, 5) is 15.1. The highest BCUT2D eigenvalue weighted by Gasteiger charge is 2.28. The molecule has 1 amide bonds. The maximum absolute atomic E-state index is 14.0. The van der Waals surface area contributed by atoms with Gasteiger partial charge >= 0.3 is 0 Å². The number of carbonyl (C=O) groups excluding carboxylic acids is 1. The molecule has 1 aromatic heterocycles. The maximum Gasteiger partial charge on any atom is 0.265 e. The Morgan fingerprint density at radius 2 is 1.92 bits per heavy atom. The number of aromatic nitrogens is 1. The van der Waals surface area contributed by atoms with Gasteiger partial charge in [0.05, 0.1) is 18.8 Å². The van der Waals surface area contributed by atoms with Crippen LogP contribution in [-0.4, -0.2) is 34.9 Å². The summed E-state index contributed by atoms with van der Waals surface area (Å²) < 4.78 is 24.1. The molecule has 4 nitrogen and oxygen atoms in total. The molecule has 1 fully saturated rings. The van der Waals surface area contributed by atoms with Gasteiger partial charge in [-0.25, -0.2) is 4.39 Å². The van der Waals surface area contributed by atoms with Crippen LogP contribution in [0, 0.1) is 5.82 Å². The zero-order chi connectivity index (χ0) is 17.9. The van der Waals surface area contributed by atoms with Gasteiger partial charge < -0.3 is 9.64 Å². The topological polar surface area (TPSA) is 42.4 Å². The van der Waals surface area contributed by atoms with E-state index in [1.807, 2.05) is 36.4 Å². The summed E-state index contributed by atoms with van der Waals surface area (Å²) in [7, 11) is 0. The van der Waals surface area contributed by atoms with Crippen LogP contribution in [0.25, 0.3) is 11.3 Å². The Morgan fingerprint density at radius 1 is 1.15 bits per heavy atom. The van der Waals surface area contributed by atoms with E-state index in [-0.39, 0.29) is 11.7 Å². The van der Waals surface area contributed by atoms with Gasteiger partial charge in [0.1, 0.15) is 16.8 Å². The molecule has 0 saturated carbocycles. The summed E-state index contributed by atoms with van der Waals surface area (Å²) in [6, 6.07) is 18.1. The summed E-state index contributed by atoms with van der Waals surface area (Å²) in [5.74, 6) is -0.398.